The number of sulfonamides is 1. The predicted octanol–water partition coefficient (Wildman–Crippen LogP) is 2.39. The quantitative estimate of drug-likeness (QED) is 0.818. The van der Waals surface area contributed by atoms with Crippen LogP contribution in [0.4, 0.5) is 4.79 Å². The summed E-state index contributed by atoms with van der Waals surface area (Å²) in [6, 6.07) is -0.562. The van der Waals surface area contributed by atoms with E-state index < -0.39 is 16.1 Å². The highest BCUT2D eigenvalue weighted by molar-refractivity contribution is 7.90. The number of carbonyl (C=O) groups is 1. The van der Waals surface area contributed by atoms with Gasteiger partial charge in [-0.15, -0.1) is 0 Å². The number of carbonyl (C=O) groups excluding carboxylic acids is 1. The molecule has 0 heterocycles. The Hall–Kier alpha value is -0.780. The third kappa shape index (κ3) is 5.31. The molecular weight excluding hydrogens is 276 g/mol. The maximum Gasteiger partial charge on any atom is 0.328 e. The van der Waals surface area contributed by atoms with Crippen LogP contribution in [0.3, 0.4) is 0 Å². The lowest BCUT2D eigenvalue weighted by molar-refractivity contribution is 0.244. The van der Waals surface area contributed by atoms with Crippen LogP contribution in [0.15, 0.2) is 0 Å². The van der Waals surface area contributed by atoms with Crippen LogP contribution in [0.5, 0.6) is 0 Å². The van der Waals surface area contributed by atoms with Crippen molar-refractivity contribution in [2.45, 2.75) is 57.8 Å². The minimum atomic E-state index is -3.49. The van der Waals surface area contributed by atoms with Gasteiger partial charge in [0.25, 0.3) is 0 Å². The van der Waals surface area contributed by atoms with Crippen LogP contribution < -0.4 is 10.0 Å². The first-order valence-corrected chi connectivity index (χ1v) is 9.49. The molecule has 6 heteroatoms. The maximum absolute atomic E-state index is 11.9. The van der Waals surface area contributed by atoms with Crippen molar-refractivity contribution in [3.8, 4) is 0 Å². The number of nitrogens with one attached hydrogen (secondary N) is 2. The fourth-order valence-electron chi connectivity index (χ4n) is 3.33. The second-order valence-corrected chi connectivity index (χ2v) is 8.01. The molecule has 2 amide bonds. The molecule has 0 bridgehead atoms. The number of hydrogen-bond acceptors (Lipinski definition) is 3. The van der Waals surface area contributed by atoms with Gasteiger partial charge in [-0.1, -0.05) is 32.1 Å². The van der Waals surface area contributed by atoms with Gasteiger partial charge in [-0.05, 0) is 37.5 Å². The summed E-state index contributed by atoms with van der Waals surface area (Å²) in [5.41, 5.74) is 0. The monoisotopic (exact) mass is 302 g/mol. The standard InChI is InChI=1S/C14H26N2O3S/c17-14(15-10-12-6-4-5-7-12)16-20(18,19)11-13-8-2-1-3-9-13/h12-13H,1-11H2,(H2,15,16,17). The van der Waals surface area contributed by atoms with Crippen molar-refractivity contribution >= 4 is 16.1 Å². The summed E-state index contributed by atoms with van der Waals surface area (Å²) >= 11 is 0. The van der Waals surface area contributed by atoms with Crippen LogP contribution in [-0.4, -0.2) is 26.7 Å². The van der Waals surface area contributed by atoms with Crippen LogP contribution in [-0.2, 0) is 10.0 Å². The lowest BCUT2D eigenvalue weighted by Gasteiger charge is -2.21. The van der Waals surface area contributed by atoms with Crippen LogP contribution in [0.2, 0.25) is 0 Å². The number of hydrogen-bond donors (Lipinski definition) is 2. The molecule has 2 aliphatic rings. The summed E-state index contributed by atoms with van der Waals surface area (Å²) in [6.07, 6.45) is 10.0. The van der Waals surface area contributed by atoms with Crippen molar-refractivity contribution < 1.29 is 13.2 Å². The topological polar surface area (TPSA) is 75.3 Å². The molecule has 0 unspecified atom stereocenters. The van der Waals surface area contributed by atoms with E-state index in [1.807, 2.05) is 0 Å². The lowest BCUT2D eigenvalue weighted by atomic mass is 9.91. The van der Waals surface area contributed by atoms with Crippen LogP contribution in [0.25, 0.3) is 0 Å². The molecule has 0 spiro atoms. The number of amides is 2. The van der Waals surface area contributed by atoms with E-state index in [1.54, 1.807) is 0 Å². The van der Waals surface area contributed by atoms with E-state index in [-0.39, 0.29) is 11.7 Å². The van der Waals surface area contributed by atoms with Crippen molar-refractivity contribution in [1.29, 1.82) is 0 Å². The van der Waals surface area contributed by atoms with Crippen LogP contribution >= 0.6 is 0 Å². The first-order chi connectivity index (χ1) is 9.55. The van der Waals surface area contributed by atoms with E-state index in [2.05, 4.69) is 10.0 Å². The molecule has 5 nitrogen and oxygen atoms in total. The van der Waals surface area contributed by atoms with Crippen molar-refractivity contribution in [3.63, 3.8) is 0 Å². The van der Waals surface area contributed by atoms with Gasteiger partial charge < -0.3 is 5.32 Å². The Morgan fingerprint density at radius 3 is 2.10 bits per heavy atom. The SMILES string of the molecule is O=C(NCC1CCCC1)NS(=O)(=O)CC1CCCCC1. The molecule has 2 aliphatic carbocycles. The maximum atomic E-state index is 11.9. The fraction of sp³-hybridized carbons (Fsp3) is 0.929. The zero-order valence-electron chi connectivity index (χ0n) is 12.1. The second kappa shape index (κ2) is 7.29. The van der Waals surface area contributed by atoms with E-state index >= 15 is 0 Å². The Balaban J connectivity index is 1.70. The minimum Gasteiger partial charge on any atom is -0.337 e. The summed E-state index contributed by atoms with van der Waals surface area (Å²) in [4.78, 5) is 11.7. The van der Waals surface area contributed by atoms with E-state index in [1.165, 1.54) is 19.3 Å². The molecule has 0 aromatic carbocycles. The zero-order valence-corrected chi connectivity index (χ0v) is 12.9. The Morgan fingerprint density at radius 1 is 0.900 bits per heavy atom. The first-order valence-electron chi connectivity index (χ1n) is 7.83. The van der Waals surface area contributed by atoms with E-state index in [0.717, 1.165) is 38.5 Å². The van der Waals surface area contributed by atoms with Crippen LogP contribution in [0.1, 0.15) is 57.8 Å². The third-order valence-electron chi connectivity index (χ3n) is 4.45. The average molecular weight is 302 g/mol. The molecule has 0 atom stereocenters. The number of rotatable bonds is 5. The Bertz CT molecular complexity index is 410. The predicted molar refractivity (Wildman–Crippen MR) is 78.9 cm³/mol. The van der Waals surface area contributed by atoms with E-state index in [0.29, 0.717) is 12.5 Å². The van der Waals surface area contributed by atoms with Crippen LogP contribution in [0, 0.1) is 11.8 Å². The van der Waals surface area contributed by atoms with E-state index in [4.69, 9.17) is 0 Å². The molecule has 0 aliphatic heterocycles. The van der Waals surface area contributed by atoms with Gasteiger partial charge in [-0.25, -0.2) is 17.9 Å². The molecule has 20 heavy (non-hydrogen) atoms. The molecule has 0 radical (unpaired) electrons. The first kappa shape index (κ1) is 15.6. The lowest BCUT2D eigenvalue weighted by Crippen LogP contribution is -2.43. The Kier molecular flexibility index (Phi) is 5.69. The Morgan fingerprint density at radius 2 is 1.45 bits per heavy atom. The molecular formula is C14H26N2O3S. The highest BCUT2D eigenvalue weighted by atomic mass is 32.2. The molecule has 2 rings (SSSR count). The Labute approximate surface area is 121 Å². The molecule has 0 saturated heterocycles. The van der Waals surface area contributed by atoms with Crippen molar-refractivity contribution in [3.05, 3.63) is 0 Å². The number of urea groups is 1. The van der Waals surface area contributed by atoms with Gasteiger partial charge in [-0.3, -0.25) is 0 Å². The normalized spacial score (nSPS) is 21.8. The largest absolute Gasteiger partial charge is 0.337 e. The second-order valence-electron chi connectivity index (χ2n) is 6.25. The molecule has 116 valence electrons. The van der Waals surface area contributed by atoms with Gasteiger partial charge in [0.15, 0.2) is 0 Å². The minimum absolute atomic E-state index is 0.0872. The van der Waals surface area contributed by atoms with Gasteiger partial charge in [0.1, 0.15) is 0 Å². The molecule has 0 aromatic rings. The average Bonchev–Trinajstić information content (AvgIpc) is 2.89. The highest BCUT2D eigenvalue weighted by Gasteiger charge is 2.23. The molecule has 2 saturated carbocycles. The van der Waals surface area contributed by atoms with Gasteiger partial charge in [0.2, 0.25) is 10.0 Å². The summed E-state index contributed by atoms with van der Waals surface area (Å²) < 4.78 is 26.0. The summed E-state index contributed by atoms with van der Waals surface area (Å²) in [7, 11) is -3.49. The zero-order chi connectivity index (χ0) is 14.4. The van der Waals surface area contributed by atoms with Gasteiger partial charge in [0, 0.05) is 6.54 Å². The van der Waals surface area contributed by atoms with E-state index in [9.17, 15) is 13.2 Å². The smallest absolute Gasteiger partial charge is 0.328 e. The summed E-state index contributed by atoms with van der Waals surface area (Å²) in [5, 5.41) is 2.69. The highest BCUT2D eigenvalue weighted by Crippen LogP contribution is 2.25. The van der Waals surface area contributed by atoms with Crippen molar-refractivity contribution in [1.82, 2.24) is 10.0 Å². The molecule has 0 aromatic heterocycles. The van der Waals surface area contributed by atoms with Crippen molar-refractivity contribution in [2.24, 2.45) is 11.8 Å². The van der Waals surface area contributed by atoms with Gasteiger partial charge in [-0.2, -0.15) is 0 Å². The van der Waals surface area contributed by atoms with Crippen molar-refractivity contribution in [2.75, 3.05) is 12.3 Å². The van der Waals surface area contributed by atoms with Gasteiger partial charge in [0.05, 0.1) is 5.75 Å². The molecule has 2 fully saturated rings. The summed E-state index contributed by atoms with van der Waals surface area (Å²) in [5.74, 6) is 0.815. The third-order valence-corrected chi connectivity index (χ3v) is 5.86. The molecule has 2 N–H and O–H groups in total. The summed E-state index contributed by atoms with van der Waals surface area (Å²) in [6.45, 7) is 0.588. The fourth-order valence-corrected chi connectivity index (χ4v) is 4.73. The van der Waals surface area contributed by atoms with Gasteiger partial charge >= 0.3 is 6.03 Å².